The normalized spacial score (nSPS) is 22.1. The van der Waals surface area contributed by atoms with Crippen LogP contribution in [0.5, 0.6) is 0 Å². The molecule has 1 saturated heterocycles. The highest BCUT2D eigenvalue weighted by molar-refractivity contribution is 5.83. The van der Waals surface area contributed by atoms with Gasteiger partial charge in [0.25, 0.3) is 0 Å². The van der Waals surface area contributed by atoms with Crippen molar-refractivity contribution in [3.63, 3.8) is 0 Å². The molecule has 0 aromatic heterocycles. The topological polar surface area (TPSA) is 20.3 Å². The van der Waals surface area contributed by atoms with Crippen LogP contribution in [-0.2, 0) is 11.2 Å². The molecule has 1 atom stereocenters. The zero-order chi connectivity index (χ0) is 12.5. The maximum atomic E-state index is 11.7. The number of carbonyl (C=O) groups is 1. The van der Waals surface area contributed by atoms with E-state index in [1.54, 1.807) is 0 Å². The molecule has 0 aliphatic carbocycles. The van der Waals surface area contributed by atoms with E-state index < -0.39 is 0 Å². The summed E-state index contributed by atoms with van der Waals surface area (Å²) in [4.78, 5) is 14.0. The summed E-state index contributed by atoms with van der Waals surface area (Å²) in [6.45, 7) is 7.16. The largest absolute Gasteiger partial charge is 0.298 e. The Morgan fingerprint density at radius 3 is 2.47 bits per heavy atom. The smallest absolute Gasteiger partial charge is 0.148 e. The molecule has 17 heavy (non-hydrogen) atoms. The first-order valence-electron chi connectivity index (χ1n) is 6.29. The Bertz CT molecular complexity index is 391. The first kappa shape index (κ1) is 12.3. The molecule has 0 radical (unpaired) electrons. The van der Waals surface area contributed by atoms with Crippen molar-refractivity contribution in [1.29, 1.82) is 0 Å². The molecule has 0 saturated carbocycles. The standard InChI is InChI=1S/C15H21NO/c1-15(2,3)16-11-14(17)10-13(16)9-12-7-5-4-6-8-12/h4-8,13H,9-11H2,1-3H3. The van der Waals surface area contributed by atoms with Gasteiger partial charge >= 0.3 is 0 Å². The lowest BCUT2D eigenvalue weighted by Crippen LogP contribution is -2.45. The Balaban J connectivity index is 2.12. The number of likely N-dealkylation sites (tertiary alicyclic amines) is 1. The molecule has 2 nitrogen and oxygen atoms in total. The van der Waals surface area contributed by atoms with Gasteiger partial charge in [0.15, 0.2) is 0 Å². The van der Waals surface area contributed by atoms with E-state index in [0.29, 0.717) is 24.8 Å². The fraction of sp³-hybridized carbons (Fsp3) is 0.533. The van der Waals surface area contributed by atoms with Crippen LogP contribution in [0.2, 0.25) is 0 Å². The minimum atomic E-state index is 0.0750. The molecular formula is C15H21NO. The van der Waals surface area contributed by atoms with Crippen molar-refractivity contribution in [2.45, 2.75) is 45.2 Å². The van der Waals surface area contributed by atoms with Gasteiger partial charge in [-0.1, -0.05) is 30.3 Å². The van der Waals surface area contributed by atoms with Crippen LogP contribution in [0, 0.1) is 0 Å². The highest BCUT2D eigenvalue weighted by Gasteiger charge is 2.36. The zero-order valence-corrected chi connectivity index (χ0v) is 10.9. The van der Waals surface area contributed by atoms with E-state index in [2.05, 4.69) is 49.9 Å². The van der Waals surface area contributed by atoms with Crippen LogP contribution in [0.15, 0.2) is 30.3 Å². The molecule has 1 aromatic rings. The first-order valence-corrected chi connectivity index (χ1v) is 6.29. The minimum absolute atomic E-state index is 0.0750. The number of carbonyl (C=O) groups excluding carboxylic acids is 1. The molecule has 0 spiro atoms. The Hall–Kier alpha value is -1.15. The number of benzene rings is 1. The summed E-state index contributed by atoms with van der Waals surface area (Å²) in [6.07, 6.45) is 1.68. The van der Waals surface area contributed by atoms with Crippen LogP contribution in [0.4, 0.5) is 0 Å². The summed E-state index contributed by atoms with van der Waals surface area (Å²) in [6, 6.07) is 10.8. The highest BCUT2D eigenvalue weighted by atomic mass is 16.1. The molecule has 92 valence electrons. The molecular weight excluding hydrogens is 210 g/mol. The Morgan fingerprint density at radius 2 is 1.88 bits per heavy atom. The van der Waals surface area contributed by atoms with Gasteiger partial charge in [-0.2, -0.15) is 0 Å². The lowest BCUT2D eigenvalue weighted by Gasteiger charge is -2.36. The first-order chi connectivity index (χ1) is 7.97. The maximum Gasteiger partial charge on any atom is 0.148 e. The van der Waals surface area contributed by atoms with Crippen LogP contribution in [0.3, 0.4) is 0 Å². The van der Waals surface area contributed by atoms with Gasteiger partial charge in [-0.3, -0.25) is 9.69 Å². The molecule has 1 fully saturated rings. The molecule has 1 aromatic carbocycles. The average Bonchev–Trinajstić information content (AvgIpc) is 2.60. The summed E-state index contributed by atoms with van der Waals surface area (Å²) in [5, 5.41) is 0. The van der Waals surface area contributed by atoms with Crippen molar-refractivity contribution < 1.29 is 4.79 Å². The van der Waals surface area contributed by atoms with Gasteiger partial charge in [-0.05, 0) is 32.8 Å². The minimum Gasteiger partial charge on any atom is -0.298 e. The summed E-state index contributed by atoms with van der Waals surface area (Å²) >= 11 is 0. The second-order valence-corrected chi connectivity index (χ2v) is 5.89. The summed E-state index contributed by atoms with van der Waals surface area (Å²) in [7, 11) is 0. The van der Waals surface area contributed by atoms with Crippen LogP contribution < -0.4 is 0 Å². The van der Waals surface area contributed by atoms with Gasteiger partial charge in [0.1, 0.15) is 5.78 Å². The monoisotopic (exact) mass is 231 g/mol. The Kier molecular flexibility index (Phi) is 3.34. The predicted octanol–water partition coefficient (Wildman–Crippen LogP) is 2.67. The molecule has 0 bridgehead atoms. The summed E-state index contributed by atoms with van der Waals surface area (Å²) < 4.78 is 0. The van der Waals surface area contributed by atoms with Crippen molar-refractivity contribution in [1.82, 2.24) is 4.90 Å². The van der Waals surface area contributed by atoms with Gasteiger partial charge in [-0.15, -0.1) is 0 Å². The van der Waals surface area contributed by atoms with Gasteiger partial charge in [0, 0.05) is 18.0 Å². The van der Waals surface area contributed by atoms with Crippen molar-refractivity contribution >= 4 is 5.78 Å². The highest BCUT2D eigenvalue weighted by Crippen LogP contribution is 2.26. The Morgan fingerprint density at radius 1 is 1.24 bits per heavy atom. The third kappa shape index (κ3) is 2.95. The number of ketones is 1. The van der Waals surface area contributed by atoms with Crippen molar-refractivity contribution in [3.05, 3.63) is 35.9 Å². The van der Waals surface area contributed by atoms with Gasteiger partial charge in [-0.25, -0.2) is 0 Å². The second kappa shape index (κ2) is 4.61. The lowest BCUT2D eigenvalue weighted by molar-refractivity contribution is -0.117. The van der Waals surface area contributed by atoms with Crippen LogP contribution in [0.1, 0.15) is 32.8 Å². The molecule has 1 aliphatic heterocycles. The third-order valence-electron chi connectivity index (χ3n) is 3.43. The molecule has 1 unspecified atom stereocenters. The van der Waals surface area contributed by atoms with Crippen LogP contribution >= 0.6 is 0 Å². The molecule has 1 aliphatic rings. The number of hydrogen-bond donors (Lipinski definition) is 0. The van der Waals surface area contributed by atoms with E-state index in [0.717, 1.165) is 6.42 Å². The molecule has 2 heteroatoms. The van der Waals surface area contributed by atoms with E-state index in [9.17, 15) is 4.79 Å². The van der Waals surface area contributed by atoms with Gasteiger partial charge in [0.2, 0.25) is 0 Å². The van der Waals surface area contributed by atoms with Crippen molar-refractivity contribution in [2.75, 3.05) is 6.54 Å². The van der Waals surface area contributed by atoms with Crippen molar-refractivity contribution in [3.8, 4) is 0 Å². The Labute approximate surface area is 104 Å². The number of rotatable bonds is 2. The fourth-order valence-corrected chi connectivity index (χ4v) is 2.61. The van der Waals surface area contributed by atoms with Gasteiger partial charge < -0.3 is 0 Å². The molecule has 2 rings (SSSR count). The van der Waals surface area contributed by atoms with E-state index in [-0.39, 0.29) is 5.54 Å². The zero-order valence-electron chi connectivity index (χ0n) is 10.9. The molecule has 0 N–H and O–H groups in total. The number of nitrogens with zero attached hydrogens (tertiary/aromatic N) is 1. The summed E-state index contributed by atoms with van der Waals surface area (Å²) in [5.74, 6) is 0.376. The van der Waals surface area contributed by atoms with E-state index >= 15 is 0 Å². The van der Waals surface area contributed by atoms with Gasteiger partial charge in [0.05, 0.1) is 6.54 Å². The van der Waals surface area contributed by atoms with E-state index in [1.807, 2.05) is 6.07 Å². The predicted molar refractivity (Wildman–Crippen MR) is 70.0 cm³/mol. The quantitative estimate of drug-likeness (QED) is 0.780. The SMILES string of the molecule is CC(C)(C)N1CC(=O)CC1Cc1ccccc1. The molecule has 1 heterocycles. The third-order valence-corrected chi connectivity index (χ3v) is 3.43. The fourth-order valence-electron chi connectivity index (χ4n) is 2.61. The molecule has 0 amide bonds. The van der Waals surface area contributed by atoms with E-state index in [1.165, 1.54) is 5.56 Å². The van der Waals surface area contributed by atoms with Crippen LogP contribution in [-0.4, -0.2) is 28.8 Å². The second-order valence-electron chi connectivity index (χ2n) is 5.89. The average molecular weight is 231 g/mol. The lowest BCUT2D eigenvalue weighted by atomic mass is 9.99. The van der Waals surface area contributed by atoms with E-state index in [4.69, 9.17) is 0 Å². The van der Waals surface area contributed by atoms with Crippen molar-refractivity contribution in [2.24, 2.45) is 0 Å². The van der Waals surface area contributed by atoms with Crippen LogP contribution in [0.25, 0.3) is 0 Å². The summed E-state index contributed by atoms with van der Waals surface area (Å²) in [5.41, 5.74) is 1.40. The number of Topliss-reactive ketones (excluding diaryl/α,β-unsaturated/α-hetero) is 1. The number of hydrogen-bond acceptors (Lipinski definition) is 2. The maximum absolute atomic E-state index is 11.7.